The summed E-state index contributed by atoms with van der Waals surface area (Å²) in [7, 11) is -3.56. The van der Waals surface area contributed by atoms with Crippen LogP contribution in [0.25, 0.3) is 22.0 Å². The number of sulfonamides is 1. The first-order valence-corrected chi connectivity index (χ1v) is 14.3. The Morgan fingerprint density at radius 2 is 1.77 bits per heavy atom. The molecule has 182 valence electrons. The first-order valence-electron chi connectivity index (χ1n) is 12.0. The van der Waals surface area contributed by atoms with E-state index in [0.717, 1.165) is 77.8 Å². The minimum Gasteiger partial charge on any atom is -0.361 e. The van der Waals surface area contributed by atoms with Crippen molar-refractivity contribution in [1.29, 1.82) is 0 Å². The lowest BCUT2D eigenvalue weighted by Gasteiger charge is -2.09. The van der Waals surface area contributed by atoms with Crippen LogP contribution in [-0.2, 0) is 22.9 Å². The molecule has 4 aromatic rings. The fourth-order valence-electron chi connectivity index (χ4n) is 4.57. The Labute approximate surface area is 209 Å². The molecule has 1 heterocycles. The maximum atomic E-state index is 13.8. The van der Waals surface area contributed by atoms with Gasteiger partial charge in [-0.25, -0.2) is 22.5 Å². The highest BCUT2D eigenvalue weighted by Crippen LogP contribution is 2.37. The number of anilines is 1. The van der Waals surface area contributed by atoms with Gasteiger partial charge in [-0.15, -0.1) is 11.3 Å². The normalized spacial score (nSPS) is 13.3. The molecule has 0 bridgehead atoms. The van der Waals surface area contributed by atoms with Crippen molar-refractivity contribution in [2.75, 3.05) is 18.4 Å². The van der Waals surface area contributed by atoms with Crippen LogP contribution < -0.4 is 10.0 Å². The summed E-state index contributed by atoms with van der Waals surface area (Å²) < 4.78 is 42.2. The molecule has 0 unspecified atom stereocenters. The van der Waals surface area contributed by atoms with Gasteiger partial charge in [-0.2, -0.15) is 0 Å². The number of rotatable bonds is 9. The minimum atomic E-state index is -3.56. The second-order valence-electron chi connectivity index (χ2n) is 8.81. The van der Waals surface area contributed by atoms with Crippen LogP contribution in [0.15, 0.2) is 65.6 Å². The summed E-state index contributed by atoms with van der Waals surface area (Å²) in [6, 6.07) is 17.8. The Morgan fingerprint density at radius 1 is 0.943 bits per heavy atom. The van der Waals surface area contributed by atoms with Crippen molar-refractivity contribution in [3.63, 3.8) is 0 Å². The number of nitrogens with one attached hydrogen (secondary N) is 2. The van der Waals surface area contributed by atoms with Crippen LogP contribution in [-0.4, -0.2) is 26.5 Å². The monoisotopic (exact) mass is 509 g/mol. The van der Waals surface area contributed by atoms with Gasteiger partial charge in [0.15, 0.2) is 5.13 Å². The topological polar surface area (TPSA) is 71.1 Å². The Hall–Kier alpha value is -2.81. The number of benzene rings is 3. The zero-order valence-corrected chi connectivity index (χ0v) is 21.0. The summed E-state index contributed by atoms with van der Waals surface area (Å²) in [5, 5.41) is 5.91. The summed E-state index contributed by atoms with van der Waals surface area (Å²) >= 11 is 1.65. The lowest BCUT2D eigenvalue weighted by molar-refractivity contribution is 0.576. The van der Waals surface area contributed by atoms with Gasteiger partial charge >= 0.3 is 0 Å². The molecule has 0 fully saturated rings. The van der Waals surface area contributed by atoms with Gasteiger partial charge in [0.1, 0.15) is 5.82 Å². The highest BCUT2D eigenvalue weighted by Gasteiger charge is 2.20. The molecule has 0 spiro atoms. The van der Waals surface area contributed by atoms with Crippen LogP contribution in [0, 0.1) is 5.82 Å². The SMILES string of the molecule is O=S(=O)(NCCCCCNc1nc2c(s1)CCCc1ccc(F)cc1-2)c1cccc2ccccc12. The van der Waals surface area contributed by atoms with E-state index in [4.69, 9.17) is 4.98 Å². The third kappa shape index (κ3) is 5.39. The van der Waals surface area contributed by atoms with Gasteiger partial charge in [0, 0.05) is 28.9 Å². The summed E-state index contributed by atoms with van der Waals surface area (Å²) in [6.45, 7) is 1.16. The van der Waals surface area contributed by atoms with Gasteiger partial charge in [0.2, 0.25) is 10.0 Å². The van der Waals surface area contributed by atoms with Crippen LogP contribution in [0.4, 0.5) is 9.52 Å². The van der Waals surface area contributed by atoms with Gasteiger partial charge in [0.05, 0.1) is 10.6 Å². The lowest BCUT2D eigenvalue weighted by atomic mass is 10.0. The largest absolute Gasteiger partial charge is 0.361 e. The molecule has 0 saturated carbocycles. The van der Waals surface area contributed by atoms with Gasteiger partial charge in [0.25, 0.3) is 0 Å². The standard InChI is InChI=1S/C27H28FN3O2S2/c28-21-15-14-20-9-6-12-24-26(23(20)18-21)31-27(34-24)29-16-4-1-5-17-30-35(32,33)25-13-7-10-19-8-2-3-11-22(19)25/h2-3,7-8,10-11,13-15,18,30H,1,4-6,9,12,16-17H2,(H,29,31). The number of hydrogen-bond donors (Lipinski definition) is 2. The number of unbranched alkanes of at least 4 members (excludes halogenated alkanes) is 2. The molecule has 0 aliphatic heterocycles. The minimum absolute atomic E-state index is 0.227. The average Bonchev–Trinajstić information content (AvgIpc) is 3.19. The van der Waals surface area contributed by atoms with E-state index < -0.39 is 10.0 Å². The molecule has 35 heavy (non-hydrogen) atoms. The summed E-state index contributed by atoms with van der Waals surface area (Å²) in [6.07, 6.45) is 5.51. The molecular weight excluding hydrogens is 481 g/mol. The maximum absolute atomic E-state index is 13.8. The number of aryl methyl sites for hydroxylation is 2. The molecular formula is C27H28FN3O2S2. The third-order valence-corrected chi connectivity index (χ3v) is 8.93. The van der Waals surface area contributed by atoms with Crippen LogP contribution in [0.3, 0.4) is 0 Å². The van der Waals surface area contributed by atoms with E-state index in [1.807, 2.05) is 36.4 Å². The zero-order valence-electron chi connectivity index (χ0n) is 19.4. The summed E-state index contributed by atoms with van der Waals surface area (Å²) in [5.74, 6) is -0.227. The average molecular weight is 510 g/mol. The Bertz CT molecular complexity index is 1440. The molecule has 0 atom stereocenters. The first-order chi connectivity index (χ1) is 17.0. The number of fused-ring (bicyclic) bond motifs is 4. The van der Waals surface area contributed by atoms with Gasteiger partial charge < -0.3 is 5.32 Å². The second-order valence-corrected chi connectivity index (χ2v) is 11.6. The van der Waals surface area contributed by atoms with Crippen molar-refractivity contribution in [2.24, 2.45) is 0 Å². The third-order valence-electron chi connectivity index (χ3n) is 6.34. The fourth-order valence-corrected chi connectivity index (χ4v) is 6.92. The maximum Gasteiger partial charge on any atom is 0.241 e. The molecule has 2 N–H and O–H groups in total. The first kappa shape index (κ1) is 23.9. The molecule has 0 amide bonds. The summed E-state index contributed by atoms with van der Waals surface area (Å²) in [5.41, 5.74) is 2.99. The molecule has 5 rings (SSSR count). The van der Waals surface area contributed by atoms with Crippen molar-refractivity contribution >= 4 is 37.3 Å². The molecule has 5 nitrogen and oxygen atoms in total. The molecule has 0 radical (unpaired) electrons. The molecule has 0 saturated heterocycles. The molecule has 3 aromatic carbocycles. The van der Waals surface area contributed by atoms with Gasteiger partial charge in [-0.1, -0.05) is 48.9 Å². The summed E-state index contributed by atoms with van der Waals surface area (Å²) in [4.78, 5) is 6.30. The molecule has 8 heteroatoms. The Kier molecular flexibility index (Phi) is 7.13. The van der Waals surface area contributed by atoms with E-state index in [2.05, 4.69) is 10.0 Å². The van der Waals surface area contributed by atoms with E-state index in [0.29, 0.717) is 11.4 Å². The predicted molar refractivity (Wildman–Crippen MR) is 141 cm³/mol. The van der Waals surface area contributed by atoms with Crippen molar-refractivity contribution in [1.82, 2.24) is 9.71 Å². The quantitative estimate of drug-likeness (QED) is 0.266. The second kappa shape index (κ2) is 10.4. The smallest absolute Gasteiger partial charge is 0.241 e. The Balaban J connectivity index is 1.10. The zero-order chi connectivity index (χ0) is 24.3. The fraction of sp³-hybridized carbons (Fsp3) is 0.296. The molecule has 1 aromatic heterocycles. The van der Waals surface area contributed by atoms with E-state index in [1.54, 1.807) is 29.5 Å². The van der Waals surface area contributed by atoms with E-state index in [-0.39, 0.29) is 5.82 Å². The van der Waals surface area contributed by atoms with Crippen molar-refractivity contribution in [2.45, 2.75) is 43.4 Å². The van der Waals surface area contributed by atoms with Gasteiger partial charge in [-0.05, 0) is 61.3 Å². The number of nitrogens with zero attached hydrogens (tertiary/aromatic N) is 1. The van der Waals surface area contributed by atoms with Crippen molar-refractivity contribution in [3.8, 4) is 11.3 Å². The number of hydrogen-bond acceptors (Lipinski definition) is 5. The van der Waals surface area contributed by atoms with Crippen molar-refractivity contribution < 1.29 is 12.8 Å². The number of halogens is 1. The van der Waals surface area contributed by atoms with Gasteiger partial charge in [-0.3, -0.25) is 0 Å². The Morgan fingerprint density at radius 3 is 2.69 bits per heavy atom. The van der Waals surface area contributed by atoms with Crippen LogP contribution in [0.1, 0.15) is 36.1 Å². The lowest BCUT2D eigenvalue weighted by Crippen LogP contribution is -2.25. The van der Waals surface area contributed by atoms with Crippen LogP contribution in [0.2, 0.25) is 0 Å². The number of thiazole rings is 1. The number of aromatic nitrogens is 1. The highest BCUT2D eigenvalue weighted by atomic mass is 32.2. The van der Waals surface area contributed by atoms with E-state index in [1.165, 1.54) is 10.9 Å². The van der Waals surface area contributed by atoms with Crippen molar-refractivity contribution in [3.05, 3.63) is 76.9 Å². The van der Waals surface area contributed by atoms with Crippen LogP contribution >= 0.6 is 11.3 Å². The van der Waals surface area contributed by atoms with E-state index >= 15 is 0 Å². The van der Waals surface area contributed by atoms with E-state index in [9.17, 15) is 12.8 Å². The predicted octanol–water partition coefficient (Wildman–Crippen LogP) is 6.15. The molecule has 1 aliphatic rings. The highest BCUT2D eigenvalue weighted by molar-refractivity contribution is 7.89. The molecule has 1 aliphatic carbocycles. The van der Waals surface area contributed by atoms with Crippen LogP contribution in [0.5, 0.6) is 0 Å².